The highest BCUT2D eigenvalue weighted by Crippen LogP contribution is 2.77. The van der Waals surface area contributed by atoms with Gasteiger partial charge in [-0.1, -0.05) is 52.8 Å². The Balaban J connectivity index is 1.28. The molecule has 0 amide bonds. The fourth-order valence-electron chi connectivity index (χ4n) is 12.7. The number of carbonyl (C=O) groups is 2. The Labute approximate surface area is 265 Å². The summed E-state index contributed by atoms with van der Waals surface area (Å²) >= 11 is 0. The molecule has 10 atom stereocenters. The number of aliphatic hydroxyl groups excluding tert-OH is 1. The second-order valence-corrected chi connectivity index (χ2v) is 17.1. The van der Waals surface area contributed by atoms with Crippen molar-refractivity contribution in [3.63, 3.8) is 0 Å². The van der Waals surface area contributed by atoms with Crippen LogP contribution in [0.25, 0.3) is 0 Å². The van der Waals surface area contributed by atoms with Crippen molar-refractivity contribution in [1.29, 1.82) is 0 Å². The number of rotatable bonds is 5. The van der Waals surface area contributed by atoms with Gasteiger partial charge in [-0.3, -0.25) is 4.79 Å². The molecule has 5 heteroatoms. The fourth-order valence-corrected chi connectivity index (χ4v) is 12.7. The van der Waals surface area contributed by atoms with Gasteiger partial charge in [0.25, 0.3) is 0 Å². The summed E-state index contributed by atoms with van der Waals surface area (Å²) in [4.78, 5) is 24.8. The van der Waals surface area contributed by atoms with E-state index in [1.807, 2.05) is 0 Å². The lowest BCUT2D eigenvalue weighted by Gasteiger charge is -2.73. The summed E-state index contributed by atoms with van der Waals surface area (Å²) in [7, 11) is 0. The predicted octanol–water partition coefficient (Wildman–Crippen LogP) is 8.79. The van der Waals surface area contributed by atoms with Crippen LogP contribution in [0.5, 0.6) is 5.75 Å². The lowest BCUT2D eigenvalue weighted by atomic mass is 9.32. The van der Waals surface area contributed by atoms with E-state index in [-0.39, 0.29) is 39.1 Å². The average molecular weight is 605 g/mol. The van der Waals surface area contributed by atoms with Crippen molar-refractivity contribution in [3.05, 3.63) is 42.0 Å². The summed E-state index contributed by atoms with van der Waals surface area (Å²) < 4.78 is 11.4. The number of ether oxygens (including phenoxy) is 2. The number of allylic oxidation sites excluding steroid dienone is 1. The standard InChI is InChI=1S/C39H56O5/c1-24(2)28-14-19-39(23-43-34(42)26-10-9-11-27(22-26)44-25(3)40)21-20-37(7)29(33(28)39)12-13-31-36(6)17-16-32(41)35(4,5)30(36)15-18-38(31,37)8/h9-11,22,28-33,41H,1,12-21,23H2,2-8H3/t28-,29+,30-,31+,32-,33+,36-,37+,38+,39+/m0/s1. The highest BCUT2D eigenvalue weighted by atomic mass is 16.5. The minimum absolute atomic E-state index is 0.0296. The van der Waals surface area contributed by atoms with E-state index in [9.17, 15) is 14.7 Å². The molecule has 1 N–H and O–H groups in total. The summed E-state index contributed by atoms with van der Waals surface area (Å²) in [5, 5.41) is 11.0. The average Bonchev–Trinajstić information content (AvgIpc) is 3.34. The minimum atomic E-state index is -0.407. The van der Waals surface area contributed by atoms with Crippen molar-refractivity contribution < 1.29 is 24.2 Å². The van der Waals surface area contributed by atoms with Gasteiger partial charge in [0.15, 0.2) is 0 Å². The zero-order valence-corrected chi connectivity index (χ0v) is 28.3. The SMILES string of the molecule is C=C(C)[C@@H]1CC[C@]2(COC(=O)c3cccc(OC(C)=O)c3)CC[C@]3(C)[C@H](CC[C@@H]4[C@@]5(C)CC[C@H](O)C(C)(C)[C@@H]5CC[C@]43C)[C@@H]12. The van der Waals surface area contributed by atoms with Crippen molar-refractivity contribution in [2.45, 2.75) is 119 Å². The third-order valence-corrected chi connectivity index (χ3v) is 15.0. The Hall–Kier alpha value is -2.14. The van der Waals surface area contributed by atoms with E-state index >= 15 is 0 Å². The predicted molar refractivity (Wildman–Crippen MR) is 173 cm³/mol. The Morgan fingerprint density at radius 2 is 1.64 bits per heavy atom. The Kier molecular flexibility index (Phi) is 7.75. The Bertz CT molecular complexity index is 1330. The van der Waals surface area contributed by atoms with Crippen molar-refractivity contribution in [2.75, 3.05) is 6.61 Å². The molecule has 5 nitrogen and oxygen atoms in total. The van der Waals surface area contributed by atoms with Crippen LogP contribution >= 0.6 is 0 Å². The van der Waals surface area contributed by atoms with Crippen LogP contribution in [0, 0.1) is 56.7 Å². The molecule has 44 heavy (non-hydrogen) atoms. The maximum absolute atomic E-state index is 13.4. The van der Waals surface area contributed by atoms with Crippen LogP contribution in [0.1, 0.15) is 123 Å². The lowest BCUT2D eigenvalue weighted by Crippen LogP contribution is -2.66. The summed E-state index contributed by atoms with van der Waals surface area (Å²) in [5.41, 5.74) is 2.38. The molecule has 1 aromatic carbocycles. The van der Waals surface area contributed by atoms with Gasteiger partial charge in [0.2, 0.25) is 0 Å². The van der Waals surface area contributed by atoms with Gasteiger partial charge in [-0.2, -0.15) is 0 Å². The zero-order chi connectivity index (χ0) is 31.9. The van der Waals surface area contributed by atoms with Gasteiger partial charge in [-0.05, 0) is 141 Å². The molecule has 0 aromatic heterocycles. The molecule has 0 radical (unpaired) electrons. The van der Waals surface area contributed by atoms with Crippen LogP contribution in [0.3, 0.4) is 0 Å². The van der Waals surface area contributed by atoms with E-state index in [1.165, 1.54) is 44.6 Å². The first-order valence-electron chi connectivity index (χ1n) is 17.4. The maximum Gasteiger partial charge on any atom is 0.338 e. The molecule has 0 spiro atoms. The first kappa shape index (κ1) is 31.8. The smallest absolute Gasteiger partial charge is 0.338 e. The van der Waals surface area contributed by atoms with Crippen LogP contribution in [0.15, 0.2) is 36.4 Å². The molecular weight excluding hydrogens is 548 g/mol. The van der Waals surface area contributed by atoms with Crippen molar-refractivity contribution in [2.24, 2.45) is 56.7 Å². The van der Waals surface area contributed by atoms with E-state index in [2.05, 4.69) is 48.1 Å². The van der Waals surface area contributed by atoms with E-state index in [4.69, 9.17) is 9.47 Å². The Morgan fingerprint density at radius 1 is 0.886 bits per heavy atom. The topological polar surface area (TPSA) is 72.8 Å². The molecule has 0 unspecified atom stereocenters. The van der Waals surface area contributed by atoms with Crippen LogP contribution in [-0.4, -0.2) is 29.8 Å². The van der Waals surface area contributed by atoms with Gasteiger partial charge in [0.1, 0.15) is 5.75 Å². The molecule has 0 saturated heterocycles. The third kappa shape index (κ3) is 4.56. The first-order valence-corrected chi connectivity index (χ1v) is 17.4. The molecule has 5 fully saturated rings. The number of carbonyl (C=O) groups excluding carboxylic acids is 2. The zero-order valence-electron chi connectivity index (χ0n) is 28.3. The molecule has 5 aliphatic rings. The second-order valence-electron chi connectivity index (χ2n) is 17.1. The molecule has 6 rings (SSSR count). The van der Waals surface area contributed by atoms with Crippen LogP contribution in [0.2, 0.25) is 0 Å². The molecule has 242 valence electrons. The molecule has 0 bridgehead atoms. The summed E-state index contributed by atoms with van der Waals surface area (Å²) in [5.74, 6) is 2.35. The largest absolute Gasteiger partial charge is 0.461 e. The maximum atomic E-state index is 13.4. The first-order chi connectivity index (χ1) is 20.6. The van der Waals surface area contributed by atoms with E-state index in [1.54, 1.807) is 24.3 Å². The molecule has 1 aromatic rings. The van der Waals surface area contributed by atoms with Crippen LogP contribution in [-0.2, 0) is 9.53 Å². The number of hydrogen-bond donors (Lipinski definition) is 1. The van der Waals surface area contributed by atoms with Crippen LogP contribution < -0.4 is 4.74 Å². The number of aliphatic hydroxyl groups is 1. The van der Waals surface area contributed by atoms with Gasteiger partial charge >= 0.3 is 11.9 Å². The number of benzene rings is 1. The van der Waals surface area contributed by atoms with Crippen molar-refractivity contribution in [1.82, 2.24) is 0 Å². The molecular formula is C39H56O5. The number of hydrogen-bond acceptors (Lipinski definition) is 5. The van der Waals surface area contributed by atoms with Crippen molar-refractivity contribution >= 4 is 11.9 Å². The quantitative estimate of drug-likeness (QED) is 0.207. The van der Waals surface area contributed by atoms with E-state index < -0.39 is 5.97 Å². The van der Waals surface area contributed by atoms with Crippen molar-refractivity contribution in [3.8, 4) is 5.75 Å². The van der Waals surface area contributed by atoms with E-state index in [0.29, 0.717) is 47.5 Å². The van der Waals surface area contributed by atoms with Gasteiger partial charge in [-0.25, -0.2) is 4.79 Å². The van der Waals surface area contributed by atoms with Crippen LogP contribution in [0.4, 0.5) is 0 Å². The summed E-state index contributed by atoms with van der Waals surface area (Å²) in [6.07, 6.45) is 11.3. The second kappa shape index (κ2) is 10.7. The van der Waals surface area contributed by atoms with Gasteiger partial charge < -0.3 is 14.6 Å². The molecule has 5 saturated carbocycles. The monoisotopic (exact) mass is 604 g/mol. The molecule has 5 aliphatic carbocycles. The summed E-state index contributed by atoms with van der Waals surface area (Å²) in [6.45, 7) is 21.1. The highest BCUT2D eigenvalue weighted by Gasteiger charge is 2.71. The Morgan fingerprint density at radius 3 is 2.34 bits per heavy atom. The minimum Gasteiger partial charge on any atom is -0.461 e. The van der Waals surface area contributed by atoms with Gasteiger partial charge in [-0.15, -0.1) is 0 Å². The molecule has 0 heterocycles. The summed E-state index contributed by atoms with van der Waals surface area (Å²) in [6, 6.07) is 6.76. The lowest BCUT2D eigenvalue weighted by molar-refractivity contribution is -0.249. The van der Waals surface area contributed by atoms with Gasteiger partial charge in [0, 0.05) is 12.3 Å². The number of fused-ring (bicyclic) bond motifs is 7. The number of esters is 2. The third-order valence-electron chi connectivity index (χ3n) is 15.0. The molecule has 0 aliphatic heterocycles. The van der Waals surface area contributed by atoms with Gasteiger partial charge in [0.05, 0.1) is 18.3 Å². The van der Waals surface area contributed by atoms with E-state index in [0.717, 1.165) is 32.1 Å². The normalized spacial score (nSPS) is 43.9. The highest BCUT2D eigenvalue weighted by molar-refractivity contribution is 5.90. The fraction of sp³-hybridized carbons (Fsp3) is 0.744.